The van der Waals surface area contributed by atoms with Gasteiger partial charge in [0.25, 0.3) is 0 Å². The van der Waals surface area contributed by atoms with Crippen molar-refractivity contribution < 1.29 is 8.42 Å². The largest absolute Gasteiger partial charge is 0.255 e. The first-order valence-electron chi connectivity index (χ1n) is 6.78. The molecule has 1 heterocycles. The lowest BCUT2D eigenvalue weighted by Crippen LogP contribution is -1.98. The molecule has 0 aromatic carbocycles. The van der Waals surface area contributed by atoms with Gasteiger partial charge in [0.15, 0.2) is 9.84 Å². The highest BCUT2D eigenvalue weighted by atomic mass is 32.2. The molecule has 19 heavy (non-hydrogen) atoms. The highest BCUT2D eigenvalue weighted by Crippen LogP contribution is 2.15. The summed E-state index contributed by atoms with van der Waals surface area (Å²) < 4.78 is 22.7. The van der Waals surface area contributed by atoms with E-state index in [-0.39, 0.29) is 4.90 Å². The van der Waals surface area contributed by atoms with E-state index in [1.54, 1.807) is 12.1 Å². The van der Waals surface area contributed by atoms with Gasteiger partial charge in [0.05, 0.1) is 10.6 Å². The van der Waals surface area contributed by atoms with Crippen LogP contribution in [0.3, 0.4) is 0 Å². The molecule has 0 saturated heterocycles. The van der Waals surface area contributed by atoms with Crippen LogP contribution in [0.5, 0.6) is 0 Å². The fourth-order valence-electron chi connectivity index (χ4n) is 1.83. The molecular formula is C15H23NO2S. The zero-order chi connectivity index (χ0) is 14.3. The molecule has 0 amide bonds. The van der Waals surface area contributed by atoms with Gasteiger partial charge >= 0.3 is 0 Å². The summed E-state index contributed by atoms with van der Waals surface area (Å²) in [5.41, 5.74) is 1.96. The van der Waals surface area contributed by atoms with E-state index >= 15 is 0 Å². The van der Waals surface area contributed by atoms with Crippen LogP contribution in [0, 0.1) is 0 Å². The van der Waals surface area contributed by atoms with Crippen LogP contribution in [0.4, 0.5) is 0 Å². The topological polar surface area (TPSA) is 47.0 Å². The van der Waals surface area contributed by atoms with E-state index in [1.807, 2.05) is 6.92 Å². The summed E-state index contributed by atoms with van der Waals surface area (Å²) in [6.07, 6.45) is 10.9. The molecule has 1 aromatic rings. The molecule has 0 atom stereocenters. The number of nitrogens with zero attached hydrogens (tertiary/aromatic N) is 1. The van der Waals surface area contributed by atoms with E-state index in [2.05, 4.69) is 18.0 Å². The Labute approximate surface area is 116 Å². The number of hydrogen-bond donors (Lipinski definition) is 0. The van der Waals surface area contributed by atoms with E-state index in [0.29, 0.717) is 0 Å². The first kappa shape index (κ1) is 15.9. The number of allylic oxidation sites excluding steroid dienone is 2. The van der Waals surface area contributed by atoms with Gasteiger partial charge in [-0.2, -0.15) is 0 Å². The maximum absolute atomic E-state index is 11.3. The Morgan fingerprint density at radius 1 is 1.26 bits per heavy atom. The Bertz CT molecular complexity index is 516. The molecule has 4 heteroatoms. The second-order valence-corrected chi connectivity index (χ2v) is 6.90. The third kappa shape index (κ3) is 5.55. The Morgan fingerprint density at radius 2 is 2.00 bits per heavy atom. The van der Waals surface area contributed by atoms with Crippen LogP contribution in [0.15, 0.2) is 29.3 Å². The lowest BCUT2D eigenvalue weighted by Gasteiger charge is -2.03. The zero-order valence-corrected chi connectivity index (χ0v) is 12.8. The van der Waals surface area contributed by atoms with E-state index in [9.17, 15) is 8.42 Å². The van der Waals surface area contributed by atoms with Crippen molar-refractivity contribution >= 4 is 15.4 Å². The minimum Gasteiger partial charge on any atom is -0.255 e. The number of unbranched alkanes of at least 4 members (excludes halogenated alkanes) is 4. The number of sulfone groups is 1. The SMILES string of the molecule is CCCCCCC=C(C)c1ccc(S(C)(=O)=O)cn1. The van der Waals surface area contributed by atoms with E-state index < -0.39 is 9.84 Å². The van der Waals surface area contributed by atoms with Gasteiger partial charge in [0, 0.05) is 12.5 Å². The Hall–Kier alpha value is -1.16. The third-order valence-corrected chi connectivity index (χ3v) is 4.17. The van der Waals surface area contributed by atoms with Crippen LogP contribution in [-0.4, -0.2) is 19.7 Å². The average molecular weight is 281 g/mol. The van der Waals surface area contributed by atoms with Crippen molar-refractivity contribution in [1.82, 2.24) is 4.98 Å². The fourth-order valence-corrected chi connectivity index (χ4v) is 2.39. The summed E-state index contributed by atoms with van der Waals surface area (Å²) in [7, 11) is -3.15. The summed E-state index contributed by atoms with van der Waals surface area (Å²) in [5, 5.41) is 0. The van der Waals surface area contributed by atoms with Crippen molar-refractivity contribution in [2.24, 2.45) is 0 Å². The summed E-state index contributed by atoms with van der Waals surface area (Å²) >= 11 is 0. The standard InChI is InChI=1S/C15H23NO2S/c1-4-5-6-7-8-9-13(2)15-11-10-14(12-16-15)19(3,17)18/h9-12H,4-8H2,1-3H3. The quantitative estimate of drug-likeness (QED) is 0.713. The van der Waals surface area contributed by atoms with Gasteiger partial charge in [-0.05, 0) is 37.5 Å². The predicted molar refractivity (Wildman–Crippen MR) is 79.8 cm³/mol. The molecule has 0 unspecified atom stereocenters. The molecule has 1 aromatic heterocycles. The van der Waals surface area contributed by atoms with Gasteiger partial charge in [-0.3, -0.25) is 4.98 Å². The minimum absolute atomic E-state index is 0.270. The summed E-state index contributed by atoms with van der Waals surface area (Å²) in [6.45, 7) is 4.22. The molecule has 0 aliphatic rings. The Morgan fingerprint density at radius 3 is 2.53 bits per heavy atom. The highest BCUT2D eigenvalue weighted by molar-refractivity contribution is 7.90. The molecule has 0 spiro atoms. The third-order valence-electron chi connectivity index (χ3n) is 3.08. The van der Waals surface area contributed by atoms with Crippen molar-refractivity contribution in [3.63, 3.8) is 0 Å². The van der Waals surface area contributed by atoms with Gasteiger partial charge in [-0.25, -0.2) is 8.42 Å². The molecule has 3 nitrogen and oxygen atoms in total. The number of hydrogen-bond acceptors (Lipinski definition) is 3. The van der Waals surface area contributed by atoms with Crippen LogP contribution in [0.2, 0.25) is 0 Å². The van der Waals surface area contributed by atoms with E-state index in [0.717, 1.165) is 17.7 Å². The smallest absolute Gasteiger partial charge is 0.177 e. The van der Waals surface area contributed by atoms with E-state index in [4.69, 9.17) is 0 Å². The van der Waals surface area contributed by atoms with Crippen LogP contribution >= 0.6 is 0 Å². The predicted octanol–water partition coefficient (Wildman–Crippen LogP) is 3.86. The summed E-state index contributed by atoms with van der Waals surface area (Å²) in [4.78, 5) is 4.48. The van der Waals surface area contributed by atoms with Gasteiger partial charge in [-0.1, -0.05) is 32.3 Å². The van der Waals surface area contributed by atoms with E-state index in [1.165, 1.54) is 38.1 Å². The second kappa shape index (κ2) is 7.43. The van der Waals surface area contributed by atoms with Gasteiger partial charge in [-0.15, -0.1) is 0 Å². The number of rotatable bonds is 7. The molecular weight excluding hydrogens is 258 g/mol. The molecule has 106 valence electrons. The van der Waals surface area contributed by atoms with Crippen LogP contribution in [-0.2, 0) is 9.84 Å². The molecule has 0 N–H and O–H groups in total. The van der Waals surface area contributed by atoms with Crippen molar-refractivity contribution in [3.05, 3.63) is 30.1 Å². The van der Waals surface area contributed by atoms with Crippen LogP contribution < -0.4 is 0 Å². The van der Waals surface area contributed by atoms with Crippen molar-refractivity contribution in [2.75, 3.05) is 6.26 Å². The summed E-state index contributed by atoms with van der Waals surface area (Å²) in [5.74, 6) is 0. The Balaban J connectivity index is 2.62. The lowest BCUT2D eigenvalue weighted by molar-refractivity contribution is 0.601. The number of pyridine rings is 1. The van der Waals surface area contributed by atoms with Gasteiger partial charge in [0.2, 0.25) is 0 Å². The maximum Gasteiger partial charge on any atom is 0.177 e. The molecule has 0 aliphatic carbocycles. The fraction of sp³-hybridized carbons (Fsp3) is 0.533. The normalized spacial score (nSPS) is 12.7. The van der Waals surface area contributed by atoms with Crippen LogP contribution in [0.1, 0.15) is 51.6 Å². The zero-order valence-electron chi connectivity index (χ0n) is 12.0. The Kier molecular flexibility index (Phi) is 6.22. The molecule has 0 fully saturated rings. The maximum atomic E-state index is 11.3. The minimum atomic E-state index is -3.15. The molecule has 0 bridgehead atoms. The molecule has 1 rings (SSSR count). The summed E-state index contributed by atoms with van der Waals surface area (Å²) in [6, 6.07) is 3.39. The van der Waals surface area contributed by atoms with Gasteiger partial charge in [0.1, 0.15) is 0 Å². The molecule has 0 radical (unpaired) electrons. The lowest BCUT2D eigenvalue weighted by atomic mass is 10.1. The monoisotopic (exact) mass is 281 g/mol. The van der Waals surface area contributed by atoms with Crippen LogP contribution in [0.25, 0.3) is 5.57 Å². The van der Waals surface area contributed by atoms with Crippen molar-refractivity contribution in [3.8, 4) is 0 Å². The first-order chi connectivity index (χ1) is 8.95. The first-order valence-corrected chi connectivity index (χ1v) is 8.67. The molecule has 0 aliphatic heterocycles. The van der Waals surface area contributed by atoms with Gasteiger partial charge < -0.3 is 0 Å². The second-order valence-electron chi connectivity index (χ2n) is 4.89. The van der Waals surface area contributed by atoms with Crippen molar-refractivity contribution in [2.45, 2.75) is 50.8 Å². The van der Waals surface area contributed by atoms with Crippen molar-refractivity contribution in [1.29, 1.82) is 0 Å². The molecule has 0 saturated carbocycles. The average Bonchev–Trinajstić information content (AvgIpc) is 2.37. The number of aromatic nitrogens is 1. The highest BCUT2D eigenvalue weighted by Gasteiger charge is 2.07.